The third kappa shape index (κ3) is 7.35. The predicted molar refractivity (Wildman–Crippen MR) is 99.6 cm³/mol. The second kappa shape index (κ2) is 11.1. The normalized spacial score (nSPS) is 15.2. The molecule has 0 saturated carbocycles. The highest BCUT2D eigenvalue weighted by atomic mass is 16.5. The van der Waals surface area contributed by atoms with Crippen molar-refractivity contribution in [3.8, 4) is 5.75 Å². The first-order valence-corrected chi connectivity index (χ1v) is 9.53. The van der Waals surface area contributed by atoms with Gasteiger partial charge in [-0.2, -0.15) is 0 Å². The third-order valence-corrected chi connectivity index (χ3v) is 4.47. The SMILES string of the molecule is CCCCCCCOc1ccc(NC(=O)CN2CCCCC2)cc1. The van der Waals surface area contributed by atoms with E-state index in [2.05, 4.69) is 17.1 Å². The smallest absolute Gasteiger partial charge is 0.238 e. The number of carbonyl (C=O) groups excluding carboxylic acids is 1. The second-order valence-electron chi connectivity index (χ2n) is 6.67. The fourth-order valence-corrected chi connectivity index (χ4v) is 3.05. The first kappa shape index (κ1) is 18.8. The number of nitrogens with one attached hydrogen (secondary N) is 1. The Kier molecular flexibility index (Phi) is 8.67. The van der Waals surface area contributed by atoms with Gasteiger partial charge in [0.25, 0.3) is 0 Å². The van der Waals surface area contributed by atoms with Gasteiger partial charge in [-0.1, -0.05) is 39.0 Å². The van der Waals surface area contributed by atoms with E-state index < -0.39 is 0 Å². The molecule has 0 spiro atoms. The molecule has 1 saturated heterocycles. The summed E-state index contributed by atoms with van der Waals surface area (Å²) in [4.78, 5) is 14.3. The van der Waals surface area contributed by atoms with Gasteiger partial charge in [-0.3, -0.25) is 9.69 Å². The Labute approximate surface area is 146 Å². The lowest BCUT2D eigenvalue weighted by molar-refractivity contribution is -0.117. The van der Waals surface area contributed by atoms with Crippen molar-refractivity contribution in [3.05, 3.63) is 24.3 Å². The molecule has 0 radical (unpaired) electrons. The zero-order valence-electron chi connectivity index (χ0n) is 15.1. The molecule has 1 aliphatic rings. The highest BCUT2D eigenvalue weighted by Gasteiger charge is 2.13. The average molecular weight is 332 g/mol. The summed E-state index contributed by atoms with van der Waals surface area (Å²) in [5.41, 5.74) is 0.840. The van der Waals surface area contributed by atoms with Crippen LogP contribution in [0.3, 0.4) is 0 Å². The van der Waals surface area contributed by atoms with Crippen molar-refractivity contribution in [2.75, 3.05) is 31.6 Å². The molecule has 0 aromatic heterocycles. The Balaban J connectivity index is 1.64. The van der Waals surface area contributed by atoms with Crippen LogP contribution in [-0.2, 0) is 4.79 Å². The molecule has 1 fully saturated rings. The van der Waals surface area contributed by atoms with E-state index >= 15 is 0 Å². The highest BCUT2D eigenvalue weighted by molar-refractivity contribution is 5.92. The zero-order chi connectivity index (χ0) is 17.0. The number of hydrogen-bond acceptors (Lipinski definition) is 3. The average Bonchev–Trinajstić information content (AvgIpc) is 2.60. The lowest BCUT2D eigenvalue weighted by atomic mass is 10.1. The molecule has 1 aliphatic heterocycles. The standard InChI is InChI=1S/C20H32N2O2/c1-2-3-4-5-9-16-24-19-12-10-18(11-13-19)21-20(23)17-22-14-7-6-8-15-22/h10-13H,2-9,14-17H2,1H3,(H,21,23). The van der Waals surface area contributed by atoms with Gasteiger partial charge in [-0.15, -0.1) is 0 Å². The molecule has 0 atom stereocenters. The maximum absolute atomic E-state index is 12.1. The summed E-state index contributed by atoms with van der Waals surface area (Å²) >= 11 is 0. The van der Waals surface area contributed by atoms with E-state index in [0.717, 1.165) is 37.6 Å². The van der Waals surface area contributed by atoms with Crippen LogP contribution >= 0.6 is 0 Å². The molecule has 4 nitrogen and oxygen atoms in total. The van der Waals surface area contributed by atoms with Gasteiger partial charge in [0.15, 0.2) is 0 Å². The van der Waals surface area contributed by atoms with Gasteiger partial charge in [-0.25, -0.2) is 0 Å². The molecule has 0 aliphatic carbocycles. The summed E-state index contributed by atoms with van der Waals surface area (Å²) in [7, 11) is 0. The van der Waals surface area contributed by atoms with E-state index in [1.165, 1.54) is 44.9 Å². The molecule has 1 amide bonds. The summed E-state index contributed by atoms with van der Waals surface area (Å²) in [6.07, 6.45) is 9.92. The van der Waals surface area contributed by atoms with Crippen LogP contribution < -0.4 is 10.1 Å². The molecular weight excluding hydrogens is 300 g/mol. The number of carbonyl (C=O) groups is 1. The van der Waals surface area contributed by atoms with Crippen LogP contribution in [0.25, 0.3) is 0 Å². The zero-order valence-corrected chi connectivity index (χ0v) is 15.1. The maximum Gasteiger partial charge on any atom is 0.238 e. The van der Waals surface area contributed by atoms with E-state index in [0.29, 0.717) is 6.54 Å². The quantitative estimate of drug-likeness (QED) is 0.643. The number of likely N-dealkylation sites (tertiary alicyclic amines) is 1. The van der Waals surface area contributed by atoms with Crippen molar-refractivity contribution >= 4 is 11.6 Å². The highest BCUT2D eigenvalue weighted by Crippen LogP contribution is 2.16. The predicted octanol–water partition coefficient (Wildman–Crippen LogP) is 4.46. The van der Waals surface area contributed by atoms with Gasteiger partial charge in [0.1, 0.15) is 5.75 Å². The summed E-state index contributed by atoms with van der Waals surface area (Å²) in [5, 5.41) is 2.97. The van der Waals surface area contributed by atoms with Crippen LogP contribution in [0, 0.1) is 0 Å². The van der Waals surface area contributed by atoms with Crippen LogP contribution in [0.1, 0.15) is 58.3 Å². The summed E-state index contributed by atoms with van der Waals surface area (Å²) in [6.45, 7) is 5.57. The van der Waals surface area contributed by atoms with Crippen LogP contribution in [0.5, 0.6) is 5.75 Å². The van der Waals surface area contributed by atoms with Gasteiger partial charge in [0.05, 0.1) is 13.2 Å². The van der Waals surface area contributed by atoms with Gasteiger partial charge in [0.2, 0.25) is 5.91 Å². The number of ether oxygens (including phenoxy) is 1. The van der Waals surface area contributed by atoms with Gasteiger partial charge in [-0.05, 0) is 56.6 Å². The third-order valence-electron chi connectivity index (χ3n) is 4.47. The number of anilines is 1. The molecule has 2 rings (SSSR count). The summed E-state index contributed by atoms with van der Waals surface area (Å²) < 4.78 is 5.75. The lowest BCUT2D eigenvalue weighted by Gasteiger charge is -2.25. The van der Waals surface area contributed by atoms with E-state index in [1.54, 1.807) is 0 Å². The number of benzene rings is 1. The van der Waals surface area contributed by atoms with Crippen LogP contribution in [0.15, 0.2) is 24.3 Å². The molecule has 1 N–H and O–H groups in total. The molecular formula is C20H32N2O2. The lowest BCUT2D eigenvalue weighted by Crippen LogP contribution is -2.36. The van der Waals surface area contributed by atoms with Crippen molar-refractivity contribution in [3.63, 3.8) is 0 Å². The van der Waals surface area contributed by atoms with Crippen LogP contribution in [-0.4, -0.2) is 37.0 Å². The minimum absolute atomic E-state index is 0.0708. The molecule has 1 heterocycles. The Morgan fingerprint density at radius 2 is 1.75 bits per heavy atom. The van der Waals surface area contributed by atoms with Gasteiger partial charge < -0.3 is 10.1 Å². The Hall–Kier alpha value is -1.55. The summed E-state index contributed by atoms with van der Waals surface area (Å²) in [6, 6.07) is 7.70. The topological polar surface area (TPSA) is 41.6 Å². The minimum Gasteiger partial charge on any atom is -0.494 e. The van der Waals surface area contributed by atoms with Crippen molar-refractivity contribution in [2.24, 2.45) is 0 Å². The van der Waals surface area contributed by atoms with Crippen molar-refractivity contribution < 1.29 is 9.53 Å². The fourth-order valence-electron chi connectivity index (χ4n) is 3.05. The Bertz CT molecular complexity index is 467. The molecule has 1 aromatic rings. The number of unbranched alkanes of at least 4 members (excludes halogenated alkanes) is 4. The molecule has 24 heavy (non-hydrogen) atoms. The number of rotatable bonds is 10. The van der Waals surface area contributed by atoms with E-state index in [1.807, 2.05) is 24.3 Å². The number of hydrogen-bond donors (Lipinski definition) is 1. The first-order chi connectivity index (χ1) is 11.8. The number of nitrogens with zero attached hydrogens (tertiary/aromatic N) is 1. The van der Waals surface area contributed by atoms with Gasteiger partial charge in [0, 0.05) is 5.69 Å². The molecule has 1 aromatic carbocycles. The fraction of sp³-hybridized carbons (Fsp3) is 0.650. The van der Waals surface area contributed by atoms with E-state index in [9.17, 15) is 4.79 Å². The van der Waals surface area contributed by atoms with E-state index in [-0.39, 0.29) is 5.91 Å². The molecule has 0 unspecified atom stereocenters. The van der Waals surface area contributed by atoms with Crippen LogP contribution in [0.2, 0.25) is 0 Å². The molecule has 0 bridgehead atoms. The summed E-state index contributed by atoms with van der Waals surface area (Å²) in [5.74, 6) is 0.945. The van der Waals surface area contributed by atoms with Crippen molar-refractivity contribution in [2.45, 2.75) is 58.3 Å². The second-order valence-corrected chi connectivity index (χ2v) is 6.67. The van der Waals surface area contributed by atoms with Crippen molar-refractivity contribution in [1.29, 1.82) is 0 Å². The van der Waals surface area contributed by atoms with Crippen LogP contribution in [0.4, 0.5) is 5.69 Å². The first-order valence-electron chi connectivity index (χ1n) is 9.53. The molecule has 4 heteroatoms. The number of piperidine rings is 1. The maximum atomic E-state index is 12.1. The number of amides is 1. The van der Waals surface area contributed by atoms with E-state index in [4.69, 9.17) is 4.74 Å². The largest absolute Gasteiger partial charge is 0.494 e. The van der Waals surface area contributed by atoms with Crippen molar-refractivity contribution in [1.82, 2.24) is 4.90 Å². The Morgan fingerprint density at radius 1 is 1.04 bits per heavy atom. The molecule has 134 valence electrons. The monoisotopic (exact) mass is 332 g/mol. The Morgan fingerprint density at radius 3 is 2.46 bits per heavy atom. The van der Waals surface area contributed by atoms with Gasteiger partial charge >= 0.3 is 0 Å². The minimum atomic E-state index is 0.0708.